The van der Waals surface area contributed by atoms with E-state index in [0.717, 1.165) is 59.6 Å². The van der Waals surface area contributed by atoms with Gasteiger partial charge in [0, 0.05) is 41.8 Å². The molecule has 11 nitrogen and oxygen atoms in total. The third-order valence-electron chi connectivity index (χ3n) is 7.16. The van der Waals surface area contributed by atoms with Crippen LogP contribution in [0.15, 0.2) is 77.8 Å². The number of hydrogen-bond acceptors (Lipinski definition) is 8. The van der Waals surface area contributed by atoms with E-state index in [-0.39, 0.29) is 18.2 Å². The van der Waals surface area contributed by atoms with Crippen LogP contribution in [0.1, 0.15) is 71.1 Å². The first-order valence-electron chi connectivity index (χ1n) is 14.1. The Bertz CT molecular complexity index is 1740. The van der Waals surface area contributed by atoms with E-state index in [9.17, 15) is 4.79 Å². The standard InChI is InChI=1S/C32H31N7O4/c1-22(42-29-4-2-3-17-41-29)31-34-15-16-38(31)20-27-18-28(43-37-27)26-13-11-24(12-14-26)6-5-23-7-9-25(10-8-23)19-39-21-35-36-32(39)30(33)40/h7-16,18,21-22,29H,2-4,17,19-20H2,1H3,(H2,33,40)/t22-,29?/m0/s1. The second kappa shape index (κ2) is 12.9. The van der Waals surface area contributed by atoms with Crippen LogP contribution < -0.4 is 5.73 Å². The van der Waals surface area contributed by atoms with Crippen LogP contribution in [0.5, 0.6) is 0 Å². The lowest BCUT2D eigenvalue weighted by molar-refractivity contribution is -0.188. The average molecular weight is 578 g/mol. The van der Waals surface area contributed by atoms with Gasteiger partial charge in [0.2, 0.25) is 5.82 Å². The van der Waals surface area contributed by atoms with Crippen molar-refractivity contribution >= 4 is 5.91 Å². The number of nitrogens with zero attached hydrogens (tertiary/aromatic N) is 6. The number of imidazole rings is 1. The lowest BCUT2D eigenvalue weighted by Gasteiger charge is -2.26. The molecule has 2 aromatic carbocycles. The molecule has 1 fully saturated rings. The highest BCUT2D eigenvalue weighted by molar-refractivity contribution is 5.88. The van der Waals surface area contributed by atoms with Crippen molar-refractivity contribution < 1.29 is 18.8 Å². The van der Waals surface area contributed by atoms with E-state index in [4.69, 9.17) is 19.7 Å². The quantitative estimate of drug-likeness (QED) is 0.256. The first-order valence-corrected chi connectivity index (χ1v) is 14.1. The molecule has 6 rings (SSSR count). The molecule has 11 heteroatoms. The van der Waals surface area contributed by atoms with E-state index in [1.54, 1.807) is 10.8 Å². The lowest BCUT2D eigenvalue weighted by Crippen LogP contribution is -2.24. The summed E-state index contributed by atoms with van der Waals surface area (Å²) in [5.41, 5.74) is 9.77. The number of nitrogens with two attached hydrogens (primary N) is 1. The number of benzene rings is 2. The minimum atomic E-state index is -0.612. The molecule has 5 aromatic rings. The van der Waals surface area contributed by atoms with Crippen LogP contribution in [0.25, 0.3) is 11.3 Å². The summed E-state index contributed by atoms with van der Waals surface area (Å²) in [6.07, 6.45) is 7.89. The number of amides is 1. The smallest absolute Gasteiger partial charge is 0.286 e. The summed E-state index contributed by atoms with van der Waals surface area (Å²) in [5, 5.41) is 11.8. The van der Waals surface area contributed by atoms with Crippen LogP contribution in [-0.2, 0) is 22.6 Å². The zero-order valence-electron chi connectivity index (χ0n) is 23.7. The number of aromatic nitrogens is 6. The van der Waals surface area contributed by atoms with Crippen molar-refractivity contribution in [3.05, 3.63) is 107 Å². The molecule has 1 saturated heterocycles. The third-order valence-corrected chi connectivity index (χ3v) is 7.16. The van der Waals surface area contributed by atoms with Crippen molar-refractivity contribution in [3.8, 4) is 23.2 Å². The number of hydrogen-bond donors (Lipinski definition) is 1. The molecular formula is C32H31N7O4. The molecule has 1 aliphatic rings. The Balaban J connectivity index is 1.06. The lowest BCUT2D eigenvalue weighted by atomic mass is 10.1. The average Bonchev–Trinajstić information content (AvgIpc) is 3.80. The van der Waals surface area contributed by atoms with Gasteiger partial charge in [-0.2, -0.15) is 0 Å². The fourth-order valence-corrected chi connectivity index (χ4v) is 4.93. The summed E-state index contributed by atoms with van der Waals surface area (Å²) in [6, 6.07) is 17.6. The second-order valence-electron chi connectivity index (χ2n) is 10.3. The van der Waals surface area contributed by atoms with Gasteiger partial charge in [-0.05, 0) is 68.1 Å². The highest BCUT2D eigenvalue weighted by Crippen LogP contribution is 2.25. The molecule has 2 atom stereocenters. The molecule has 0 aliphatic carbocycles. The van der Waals surface area contributed by atoms with Crippen molar-refractivity contribution in [3.63, 3.8) is 0 Å². The fraction of sp³-hybridized carbons (Fsp3) is 0.281. The van der Waals surface area contributed by atoms with Crippen LogP contribution in [0.2, 0.25) is 0 Å². The molecule has 0 radical (unpaired) electrons. The topological polar surface area (TPSA) is 136 Å². The zero-order chi connectivity index (χ0) is 29.6. The van der Waals surface area contributed by atoms with Gasteiger partial charge in [0.25, 0.3) is 5.91 Å². The molecule has 0 saturated carbocycles. The fourth-order valence-electron chi connectivity index (χ4n) is 4.93. The number of carbonyl (C=O) groups excluding carboxylic acids is 1. The van der Waals surface area contributed by atoms with Gasteiger partial charge in [-0.25, -0.2) is 4.98 Å². The maximum absolute atomic E-state index is 11.5. The Morgan fingerprint density at radius 3 is 2.56 bits per heavy atom. The summed E-state index contributed by atoms with van der Waals surface area (Å²) in [7, 11) is 0. The molecule has 2 N–H and O–H groups in total. The van der Waals surface area contributed by atoms with Gasteiger partial charge in [0.05, 0.1) is 13.1 Å². The molecule has 3 aromatic heterocycles. The summed E-state index contributed by atoms with van der Waals surface area (Å²) in [6.45, 7) is 3.69. The summed E-state index contributed by atoms with van der Waals surface area (Å²) < 4.78 is 21.1. The predicted octanol–water partition coefficient (Wildman–Crippen LogP) is 4.33. The maximum Gasteiger partial charge on any atom is 0.286 e. The SMILES string of the molecule is C[C@H](OC1CCCCO1)c1nccn1Cc1cc(-c2ccc(C#Cc3ccc(Cn4cnnc4C(N)=O)cc3)cc2)on1. The van der Waals surface area contributed by atoms with Gasteiger partial charge in [-0.15, -0.1) is 10.2 Å². The Kier molecular flexibility index (Phi) is 8.40. The van der Waals surface area contributed by atoms with Gasteiger partial charge >= 0.3 is 0 Å². The summed E-state index contributed by atoms with van der Waals surface area (Å²) >= 11 is 0. The highest BCUT2D eigenvalue weighted by Gasteiger charge is 2.21. The van der Waals surface area contributed by atoms with E-state index in [0.29, 0.717) is 18.8 Å². The van der Waals surface area contributed by atoms with E-state index < -0.39 is 5.91 Å². The number of primary amides is 1. The van der Waals surface area contributed by atoms with E-state index in [1.165, 1.54) is 6.33 Å². The Morgan fingerprint density at radius 1 is 1.07 bits per heavy atom. The second-order valence-corrected chi connectivity index (χ2v) is 10.3. The van der Waals surface area contributed by atoms with Crippen LogP contribution >= 0.6 is 0 Å². The molecule has 1 aliphatic heterocycles. The van der Waals surface area contributed by atoms with Crippen LogP contribution in [-0.4, -0.2) is 48.3 Å². The van der Waals surface area contributed by atoms with Crippen molar-refractivity contribution in [1.82, 2.24) is 29.5 Å². The van der Waals surface area contributed by atoms with Crippen LogP contribution in [0, 0.1) is 11.8 Å². The Hall–Kier alpha value is -5.05. The Morgan fingerprint density at radius 2 is 1.84 bits per heavy atom. The normalized spacial score (nSPS) is 15.5. The highest BCUT2D eigenvalue weighted by atomic mass is 16.7. The van der Waals surface area contributed by atoms with Gasteiger partial charge < -0.3 is 28.9 Å². The minimum absolute atomic E-state index is 0.127. The van der Waals surface area contributed by atoms with Gasteiger partial charge in [-0.1, -0.05) is 29.1 Å². The Labute approximate surface area is 248 Å². The van der Waals surface area contributed by atoms with Crippen molar-refractivity contribution in [2.75, 3.05) is 6.61 Å². The number of ether oxygens (including phenoxy) is 2. The molecule has 4 heterocycles. The van der Waals surface area contributed by atoms with E-state index >= 15 is 0 Å². The van der Waals surface area contributed by atoms with E-state index in [1.807, 2.05) is 72.3 Å². The largest absolute Gasteiger partial charge is 0.363 e. The first kappa shape index (κ1) is 28.1. The first-order chi connectivity index (χ1) is 21.0. The number of rotatable bonds is 9. The van der Waals surface area contributed by atoms with Crippen LogP contribution in [0.4, 0.5) is 0 Å². The van der Waals surface area contributed by atoms with Crippen molar-refractivity contribution in [2.24, 2.45) is 5.73 Å². The maximum atomic E-state index is 11.5. The molecule has 1 amide bonds. The number of carbonyl (C=O) groups is 1. The molecular weight excluding hydrogens is 546 g/mol. The van der Waals surface area contributed by atoms with E-state index in [2.05, 4.69) is 32.2 Å². The molecule has 0 spiro atoms. The van der Waals surface area contributed by atoms with Gasteiger partial charge in [0.1, 0.15) is 23.9 Å². The minimum Gasteiger partial charge on any atom is -0.363 e. The van der Waals surface area contributed by atoms with Crippen molar-refractivity contribution in [1.29, 1.82) is 0 Å². The molecule has 43 heavy (non-hydrogen) atoms. The van der Waals surface area contributed by atoms with Gasteiger partial charge in [-0.3, -0.25) is 4.79 Å². The summed E-state index contributed by atoms with van der Waals surface area (Å²) in [5.74, 6) is 7.40. The monoisotopic (exact) mass is 577 g/mol. The summed E-state index contributed by atoms with van der Waals surface area (Å²) in [4.78, 5) is 16.0. The van der Waals surface area contributed by atoms with Crippen LogP contribution in [0.3, 0.4) is 0 Å². The van der Waals surface area contributed by atoms with Crippen molar-refractivity contribution in [2.45, 2.75) is 51.7 Å². The molecule has 0 bridgehead atoms. The molecule has 218 valence electrons. The molecule has 1 unspecified atom stereocenters. The predicted molar refractivity (Wildman–Crippen MR) is 156 cm³/mol. The zero-order valence-corrected chi connectivity index (χ0v) is 23.7. The van der Waals surface area contributed by atoms with Gasteiger partial charge in [0.15, 0.2) is 12.1 Å². The third kappa shape index (κ3) is 6.89.